The third-order valence-corrected chi connectivity index (χ3v) is 5.84. The number of methoxy groups -OCH3 is 2. The average molecular weight is 336 g/mol. The van der Waals surface area contributed by atoms with Crippen LogP contribution in [0.2, 0.25) is 0 Å². The zero-order chi connectivity index (χ0) is 17.6. The van der Waals surface area contributed by atoms with Crippen molar-refractivity contribution in [2.24, 2.45) is 11.8 Å². The SMILES string of the molecule is COC(=O)C1Cc2ccccc2C12c1ccccc1CC2C(=O)OC. The van der Waals surface area contributed by atoms with Crippen LogP contribution in [0.3, 0.4) is 0 Å². The second kappa shape index (κ2) is 5.73. The fraction of sp³-hybridized carbons (Fsp3) is 0.333. The summed E-state index contributed by atoms with van der Waals surface area (Å²) in [6.45, 7) is 0. The van der Waals surface area contributed by atoms with E-state index in [4.69, 9.17) is 9.47 Å². The van der Waals surface area contributed by atoms with Crippen molar-refractivity contribution < 1.29 is 19.1 Å². The van der Waals surface area contributed by atoms with Crippen LogP contribution in [0.4, 0.5) is 0 Å². The van der Waals surface area contributed by atoms with Crippen molar-refractivity contribution in [1.82, 2.24) is 0 Å². The van der Waals surface area contributed by atoms with E-state index in [1.54, 1.807) is 0 Å². The largest absolute Gasteiger partial charge is 0.469 e. The van der Waals surface area contributed by atoms with Gasteiger partial charge in [-0.2, -0.15) is 0 Å². The highest BCUT2D eigenvalue weighted by atomic mass is 16.5. The Morgan fingerprint density at radius 3 is 1.60 bits per heavy atom. The Morgan fingerprint density at radius 2 is 1.20 bits per heavy atom. The van der Waals surface area contributed by atoms with Crippen LogP contribution < -0.4 is 0 Å². The van der Waals surface area contributed by atoms with Gasteiger partial charge < -0.3 is 9.47 Å². The fourth-order valence-electron chi connectivity index (χ4n) is 4.93. The van der Waals surface area contributed by atoms with Crippen LogP contribution in [-0.4, -0.2) is 26.2 Å². The van der Waals surface area contributed by atoms with E-state index in [0.29, 0.717) is 12.8 Å². The Balaban J connectivity index is 2.04. The van der Waals surface area contributed by atoms with Gasteiger partial charge in [0.2, 0.25) is 0 Å². The predicted molar refractivity (Wildman–Crippen MR) is 92.1 cm³/mol. The highest BCUT2D eigenvalue weighted by molar-refractivity contribution is 5.86. The molecule has 0 radical (unpaired) electrons. The van der Waals surface area contributed by atoms with Crippen LogP contribution in [0.1, 0.15) is 22.3 Å². The summed E-state index contributed by atoms with van der Waals surface area (Å²) >= 11 is 0. The van der Waals surface area contributed by atoms with Crippen LogP contribution in [0.5, 0.6) is 0 Å². The van der Waals surface area contributed by atoms with Gasteiger partial charge in [-0.15, -0.1) is 0 Å². The Kier molecular flexibility index (Phi) is 3.64. The van der Waals surface area contributed by atoms with Gasteiger partial charge in [-0.25, -0.2) is 0 Å². The molecular formula is C21H20O4. The van der Waals surface area contributed by atoms with E-state index in [2.05, 4.69) is 0 Å². The van der Waals surface area contributed by atoms with E-state index >= 15 is 0 Å². The summed E-state index contributed by atoms with van der Waals surface area (Å²) in [4.78, 5) is 25.5. The molecule has 0 saturated heterocycles. The summed E-state index contributed by atoms with van der Waals surface area (Å²) < 4.78 is 10.3. The zero-order valence-electron chi connectivity index (χ0n) is 14.3. The minimum Gasteiger partial charge on any atom is -0.469 e. The van der Waals surface area contributed by atoms with Gasteiger partial charge in [-0.05, 0) is 35.1 Å². The summed E-state index contributed by atoms with van der Waals surface area (Å²) in [5.41, 5.74) is 3.58. The van der Waals surface area contributed by atoms with E-state index in [1.165, 1.54) is 14.2 Å². The maximum Gasteiger partial charge on any atom is 0.310 e. The third kappa shape index (κ3) is 2.00. The quantitative estimate of drug-likeness (QED) is 0.791. The van der Waals surface area contributed by atoms with Gasteiger partial charge in [-0.1, -0.05) is 48.5 Å². The standard InChI is InChI=1S/C21H20O4/c1-24-19(22)17-11-13-7-3-5-9-15(13)21(17)16-10-6-4-8-14(16)12-18(21)20(23)25-2/h3-10,17-18H,11-12H2,1-2H3. The lowest BCUT2D eigenvalue weighted by molar-refractivity contribution is -0.152. The van der Waals surface area contributed by atoms with Crippen molar-refractivity contribution in [2.75, 3.05) is 14.2 Å². The monoisotopic (exact) mass is 336 g/mol. The predicted octanol–water partition coefficient (Wildman–Crippen LogP) is 2.66. The minimum absolute atomic E-state index is 0.276. The van der Waals surface area contributed by atoms with Crippen molar-refractivity contribution >= 4 is 11.9 Å². The molecule has 2 aromatic rings. The maximum atomic E-state index is 12.7. The molecule has 25 heavy (non-hydrogen) atoms. The van der Waals surface area contributed by atoms with Gasteiger partial charge in [0.05, 0.1) is 26.1 Å². The highest BCUT2D eigenvalue weighted by Gasteiger charge is 2.62. The number of hydrogen-bond donors (Lipinski definition) is 0. The van der Waals surface area contributed by atoms with Gasteiger partial charge in [0, 0.05) is 5.41 Å². The Labute approximate surface area is 146 Å². The summed E-state index contributed by atoms with van der Waals surface area (Å²) in [7, 11) is 2.82. The second-order valence-corrected chi connectivity index (χ2v) is 6.74. The zero-order valence-corrected chi connectivity index (χ0v) is 14.3. The molecule has 2 unspecified atom stereocenters. The molecule has 2 aromatic carbocycles. The first-order valence-corrected chi connectivity index (χ1v) is 8.47. The number of rotatable bonds is 2. The van der Waals surface area contributed by atoms with Crippen LogP contribution in [0.15, 0.2) is 48.5 Å². The highest BCUT2D eigenvalue weighted by Crippen LogP contribution is 2.58. The molecule has 2 atom stereocenters. The fourth-order valence-corrected chi connectivity index (χ4v) is 4.93. The van der Waals surface area contributed by atoms with Gasteiger partial charge >= 0.3 is 11.9 Å². The van der Waals surface area contributed by atoms with Crippen molar-refractivity contribution in [3.63, 3.8) is 0 Å². The van der Waals surface area contributed by atoms with Crippen LogP contribution in [-0.2, 0) is 37.3 Å². The molecule has 0 saturated carbocycles. The molecular weight excluding hydrogens is 316 g/mol. The van der Waals surface area contributed by atoms with E-state index in [-0.39, 0.29) is 11.9 Å². The first kappa shape index (κ1) is 15.9. The van der Waals surface area contributed by atoms with Gasteiger partial charge in [0.25, 0.3) is 0 Å². The Bertz CT molecular complexity index is 783. The average Bonchev–Trinajstić information content (AvgIpc) is 3.18. The van der Waals surface area contributed by atoms with Crippen LogP contribution >= 0.6 is 0 Å². The lowest BCUT2D eigenvalue weighted by Crippen LogP contribution is -2.45. The van der Waals surface area contributed by atoms with E-state index in [1.807, 2.05) is 48.5 Å². The molecule has 4 heteroatoms. The van der Waals surface area contributed by atoms with Crippen molar-refractivity contribution in [3.05, 3.63) is 70.8 Å². The number of fused-ring (bicyclic) bond motifs is 4. The van der Waals surface area contributed by atoms with E-state index in [9.17, 15) is 9.59 Å². The molecule has 2 aliphatic rings. The summed E-state index contributed by atoms with van der Waals surface area (Å²) in [6.07, 6.45) is 1.15. The Hall–Kier alpha value is -2.62. The number of carbonyl (C=O) groups is 2. The van der Waals surface area contributed by atoms with Gasteiger partial charge in [0.1, 0.15) is 0 Å². The molecule has 4 nitrogen and oxygen atoms in total. The maximum absolute atomic E-state index is 12.7. The smallest absolute Gasteiger partial charge is 0.310 e. The van der Waals surface area contributed by atoms with Crippen LogP contribution in [0.25, 0.3) is 0 Å². The second-order valence-electron chi connectivity index (χ2n) is 6.74. The first-order chi connectivity index (χ1) is 12.1. The topological polar surface area (TPSA) is 52.6 Å². The number of esters is 2. The molecule has 0 N–H and O–H groups in total. The number of hydrogen-bond acceptors (Lipinski definition) is 4. The molecule has 1 spiro atoms. The van der Waals surface area contributed by atoms with Crippen molar-refractivity contribution in [3.8, 4) is 0 Å². The van der Waals surface area contributed by atoms with Gasteiger partial charge in [-0.3, -0.25) is 9.59 Å². The summed E-state index contributed by atoms with van der Waals surface area (Å²) in [6, 6.07) is 16.0. The lowest BCUT2D eigenvalue weighted by atomic mass is 9.65. The molecule has 0 heterocycles. The van der Waals surface area contributed by atoms with Crippen molar-refractivity contribution in [2.45, 2.75) is 18.3 Å². The number of ether oxygens (including phenoxy) is 2. The Morgan fingerprint density at radius 1 is 0.800 bits per heavy atom. The molecule has 2 aliphatic carbocycles. The molecule has 0 aromatic heterocycles. The number of carbonyl (C=O) groups excluding carboxylic acids is 2. The first-order valence-electron chi connectivity index (χ1n) is 8.47. The molecule has 0 amide bonds. The summed E-state index contributed by atoms with van der Waals surface area (Å²) in [5, 5.41) is 0. The third-order valence-electron chi connectivity index (χ3n) is 5.84. The normalized spacial score (nSPS) is 26.2. The molecule has 0 fully saturated rings. The molecule has 0 aliphatic heterocycles. The van der Waals surface area contributed by atoms with Crippen molar-refractivity contribution in [1.29, 1.82) is 0 Å². The summed E-state index contributed by atoms with van der Waals surface area (Å²) in [5.74, 6) is -1.41. The van der Waals surface area contributed by atoms with Crippen LogP contribution in [0, 0.1) is 11.8 Å². The van der Waals surface area contributed by atoms with Gasteiger partial charge in [0.15, 0.2) is 0 Å². The lowest BCUT2D eigenvalue weighted by Gasteiger charge is -2.36. The molecule has 0 bridgehead atoms. The van der Waals surface area contributed by atoms with E-state index in [0.717, 1.165) is 22.3 Å². The molecule has 128 valence electrons. The van der Waals surface area contributed by atoms with E-state index < -0.39 is 17.3 Å². The number of benzene rings is 2. The molecule has 4 rings (SSSR count). The minimum atomic E-state index is -0.715.